The largest absolute Gasteiger partial charge is 0.481 e. The zero-order valence-electron chi connectivity index (χ0n) is 9.52. The Labute approximate surface area is 90.9 Å². The van der Waals surface area contributed by atoms with Gasteiger partial charge in [0.15, 0.2) is 0 Å². The topological polar surface area (TPSA) is 43.8 Å². The van der Waals surface area contributed by atoms with E-state index in [9.17, 15) is 4.79 Å². The van der Waals surface area contributed by atoms with Crippen LogP contribution in [-0.4, -0.2) is 60.6 Å². The molecule has 2 fully saturated rings. The Bertz CT molecular complexity index is 257. The summed E-state index contributed by atoms with van der Waals surface area (Å²) < 4.78 is 0. The molecule has 0 radical (unpaired) electrons. The third-order valence-electron chi connectivity index (χ3n) is 3.91. The van der Waals surface area contributed by atoms with Gasteiger partial charge in [-0.05, 0) is 39.4 Å². The number of aliphatic carboxylic acids is 1. The van der Waals surface area contributed by atoms with E-state index in [1.165, 1.54) is 6.42 Å². The maximum atomic E-state index is 11.0. The van der Waals surface area contributed by atoms with E-state index in [2.05, 4.69) is 23.9 Å². The van der Waals surface area contributed by atoms with E-state index in [4.69, 9.17) is 5.11 Å². The SMILES string of the molecule is CN1CCC2C(CC(C(=O)O)CN2C)C1. The summed E-state index contributed by atoms with van der Waals surface area (Å²) in [4.78, 5) is 15.6. The van der Waals surface area contributed by atoms with Gasteiger partial charge < -0.3 is 14.9 Å². The van der Waals surface area contributed by atoms with Gasteiger partial charge in [-0.25, -0.2) is 0 Å². The van der Waals surface area contributed by atoms with Crippen LogP contribution in [0.1, 0.15) is 12.8 Å². The quantitative estimate of drug-likeness (QED) is 0.681. The summed E-state index contributed by atoms with van der Waals surface area (Å²) in [5.41, 5.74) is 0. The van der Waals surface area contributed by atoms with Crippen LogP contribution >= 0.6 is 0 Å². The number of carbonyl (C=O) groups is 1. The highest BCUT2D eigenvalue weighted by Gasteiger charge is 2.39. The monoisotopic (exact) mass is 212 g/mol. The molecule has 4 nitrogen and oxygen atoms in total. The highest BCUT2D eigenvalue weighted by atomic mass is 16.4. The molecule has 4 heteroatoms. The van der Waals surface area contributed by atoms with E-state index in [1.54, 1.807) is 0 Å². The lowest BCUT2D eigenvalue weighted by molar-refractivity contribution is -0.145. The lowest BCUT2D eigenvalue weighted by Gasteiger charge is -2.46. The Morgan fingerprint density at radius 2 is 2.07 bits per heavy atom. The molecule has 0 aromatic rings. The Hall–Kier alpha value is -0.610. The van der Waals surface area contributed by atoms with Gasteiger partial charge in [0.25, 0.3) is 0 Å². The first-order chi connectivity index (χ1) is 7.08. The number of hydrogen-bond acceptors (Lipinski definition) is 3. The molecule has 2 aliphatic rings. The van der Waals surface area contributed by atoms with Crippen LogP contribution in [0.5, 0.6) is 0 Å². The van der Waals surface area contributed by atoms with Gasteiger partial charge in [-0.1, -0.05) is 0 Å². The van der Waals surface area contributed by atoms with Gasteiger partial charge in [0, 0.05) is 19.1 Å². The fourth-order valence-electron chi connectivity index (χ4n) is 3.12. The number of carboxylic acids is 1. The molecule has 0 aliphatic carbocycles. The molecule has 3 atom stereocenters. The van der Waals surface area contributed by atoms with Crippen molar-refractivity contribution in [1.82, 2.24) is 9.80 Å². The fraction of sp³-hybridized carbons (Fsp3) is 0.909. The van der Waals surface area contributed by atoms with Gasteiger partial charge in [-0.2, -0.15) is 0 Å². The highest BCUT2D eigenvalue weighted by molar-refractivity contribution is 5.70. The Kier molecular flexibility index (Phi) is 2.98. The molecule has 0 spiro atoms. The minimum Gasteiger partial charge on any atom is -0.481 e. The molecule has 15 heavy (non-hydrogen) atoms. The number of nitrogens with zero attached hydrogens (tertiary/aromatic N) is 2. The summed E-state index contributed by atoms with van der Waals surface area (Å²) in [5, 5.41) is 9.07. The number of likely N-dealkylation sites (tertiary alicyclic amines) is 2. The molecule has 2 rings (SSSR count). The summed E-state index contributed by atoms with van der Waals surface area (Å²) in [6.07, 6.45) is 2.04. The van der Waals surface area contributed by atoms with Gasteiger partial charge in [-0.3, -0.25) is 4.79 Å². The summed E-state index contributed by atoms with van der Waals surface area (Å²) in [7, 11) is 4.19. The predicted molar refractivity (Wildman–Crippen MR) is 57.8 cm³/mol. The molecule has 1 N–H and O–H groups in total. The molecule has 0 aromatic carbocycles. The first-order valence-electron chi connectivity index (χ1n) is 5.69. The number of hydrogen-bond donors (Lipinski definition) is 1. The van der Waals surface area contributed by atoms with Crippen molar-refractivity contribution in [3.63, 3.8) is 0 Å². The maximum absolute atomic E-state index is 11.0. The van der Waals surface area contributed by atoms with Crippen molar-refractivity contribution in [1.29, 1.82) is 0 Å². The zero-order valence-corrected chi connectivity index (χ0v) is 9.52. The smallest absolute Gasteiger partial charge is 0.307 e. The van der Waals surface area contributed by atoms with E-state index >= 15 is 0 Å². The second-order valence-electron chi connectivity index (χ2n) is 5.09. The third-order valence-corrected chi connectivity index (χ3v) is 3.91. The molecule has 2 aliphatic heterocycles. The van der Waals surface area contributed by atoms with Crippen LogP contribution in [0, 0.1) is 11.8 Å². The molecule has 2 heterocycles. The molecular weight excluding hydrogens is 192 g/mol. The van der Waals surface area contributed by atoms with Gasteiger partial charge in [0.05, 0.1) is 5.92 Å². The molecule has 0 amide bonds. The van der Waals surface area contributed by atoms with Crippen LogP contribution in [0.15, 0.2) is 0 Å². The molecule has 0 bridgehead atoms. The van der Waals surface area contributed by atoms with Crippen molar-refractivity contribution in [3.05, 3.63) is 0 Å². The minimum atomic E-state index is -0.631. The van der Waals surface area contributed by atoms with Crippen LogP contribution in [0.3, 0.4) is 0 Å². The van der Waals surface area contributed by atoms with Crippen LogP contribution in [-0.2, 0) is 4.79 Å². The second kappa shape index (κ2) is 4.10. The van der Waals surface area contributed by atoms with Crippen molar-refractivity contribution in [2.24, 2.45) is 11.8 Å². The Morgan fingerprint density at radius 3 is 2.73 bits per heavy atom. The van der Waals surface area contributed by atoms with Crippen molar-refractivity contribution in [2.45, 2.75) is 18.9 Å². The Balaban J connectivity index is 2.05. The summed E-state index contributed by atoms with van der Waals surface area (Å²) in [5.74, 6) is -0.250. The first kappa shape index (κ1) is 10.9. The lowest BCUT2D eigenvalue weighted by atomic mass is 9.79. The van der Waals surface area contributed by atoms with Gasteiger partial charge in [0.2, 0.25) is 0 Å². The van der Waals surface area contributed by atoms with Crippen molar-refractivity contribution in [2.75, 3.05) is 33.7 Å². The van der Waals surface area contributed by atoms with Crippen LogP contribution < -0.4 is 0 Å². The molecule has 2 saturated heterocycles. The average Bonchev–Trinajstić information content (AvgIpc) is 2.16. The van der Waals surface area contributed by atoms with Crippen LogP contribution in [0.4, 0.5) is 0 Å². The van der Waals surface area contributed by atoms with Gasteiger partial charge in [-0.15, -0.1) is 0 Å². The zero-order chi connectivity index (χ0) is 11.0. The van der Waals surface area contributed by atoms with Crippen LogP contribution in [0.2, 0.25) is 0 Å². The fourth-order valence-corrected chi connectivity index (χ4v) is 3.12. The standard InChI is InChI=1S/C11H20N2O2/c1-12-4-3-10-8(6-12)5-9(11(14)15)7-13(10)2/h8-10H,3-7H2,1-2H3,(H,14,15). The number of piperidine rings is 2. The van der Waals surface area contributed by atoms with Crippen molar-refractivity contribution >= 4 is 5.97 Å². The third kappa shape index (κ3) is 2.16. The Morgan fingerprint density at radius 1 is 1.33 bits per heavy atom. The predicted octanol–water partition coefficient (Wildman–Crippen LogP) is 0.343. The van der Waals surface area contributed by atoms with E-state index in [-0.39, 0.29) is 5.92 Å². The lowest BCUT2D eigenvalue weighted by Crippen LogP contribution is -2.55. The maximum Gasteiger partial charge on any atom is 0.307 e. The van der Waals surface area contributed by atoms with Gasteiger partial charge >= 0.3 is 5.97 Å². The van der Waals surface area contributed by atoms with E-state index in [0.717, 1.165) is 26.1 Å². The van der Waals surface area contributed by atoms with Crippen LogP contribution in [0.25, 0.3) is 0 Å². The number of rotatable bonds is 1. The normalized spacial score (nSPS) is 38.7. The molecule has 0 aromatic heterocycles. The summed E-state index contributed by atoms with van der Waals surface area (Å²) in [6.45, 7) is 2.92. The number of fused-ring (bicyclic) bond motifs is 1. The molecule has 0 saturated carbocycles. The highest BCUT2D eigenvalue weighted by Crippen LogP contribution is 2.31. The average molecular weight is 212 g/mol. The minimum absolute atomic E-state index is 0.164. The summed E-state index contributed by atoms with van der Waals surface area (Å²) in [6, 6.07) is 0.608. The van der Waals surface area contributed by atoms with Crippen molar-refractivity contribution < 1.29 is 9.90 Å². The summed E-state index contributed by atoms with van der Waals surface area (Å²) >= 11 is 0. The molecule has 3 unspecified atom stereocenters. The van der Waals surface area contributed by atoms with Crippen molar-refractivity contribution in [3.8, 4) is 0 Å². The van der Waals surface area contributed by atoms with E-state index < -0.39 is 5.97 Å². The van der Waals surface area contributed by atoms with E-state index in [1.807, 2.05) is 0 Å². The molecule has 86 valence electrons. The number of carboxylic acid groups (broad SMARTS) is 1. The van der Waals surface area contributed by atoms with E-state index in [0.29, 0.717) is 12.0 Å². The second-order valence-corrected chi connectivity index (χ2v) is 5.09. The first-order valence-corrected chi connectivity index (χ1v) is 5.69. The van der Waals surface area contributed by atoms with Gasteiger partial charge in [0.1, 0.15) is 0 Å². The molecular formula is C11H20N2O2.